The Morgan fingerprint density at radius 3 is 2.89 bits per heavy atom. The molecule has 1 aromatic rings. The summed E-state index contributed by atoms with van der Waals surface area (Å²) in [4.78, 5) is 11.1. The van der Waals surface area contributed by atoms with Crippen LogP contribution in [0.1, 0.15) is 18.4 Å². The number of rotatable bonds is 5. The zero-order chi connectivity index (χ0) is 12.8. The zero-order valence-corrected chi connectivity index (χ0v) is 11.0. The first-order chi connectivity index (χ1) is 8.83. The number of nitrogens with two attached hydrogens (primary N) is 1. The molecule has 1 saturated heterocycles. The molecule has 2 heterocycles. The summed E-state index contributed by atoms with van der Waals surface area (Å²) in [5, 5.41) is 0. The van der Waals surface area contributed by atoms with Crippen molar-refractivity contribution in [2.24, 2.45) is 11.7 Å². The Balaban J connectivity index is 1.97. The average Bonchev–Trinajstić information content (AvgIpc) is 2.41. The molecule has 5 heteroatoms. The fraction of sp³-hybridized carbons (Fsp3) is 0.692. The molecule has 0 aliphatic carbocycles. The van der Waals surface area contributed by atoms with Crippen molar-refractivity contribution in [1.82, 2.24) is 9.97 Å². The molecule has 1 aliphatic heterocycles. The van der Waals surface area contributed by atoms with Crippen LogP contribution in [0.3, 0.4) is 0 Å². The number of piperidine rings is 1. The van der Waals surface area contributed by atoms with Gasteiger partial charge in [-0.25, -0.2) is 9.97 Å². The molecule has 0 spiro atoms. The van der Waals surface area contributed by atoms with Gasteiger partial charge in [0.1, 0.15) is 0 Å². The molecule has 5 nitrogen and oxygen atoms in total. The highest BCUT2D eigenvalue weighted by Crippen LogP contribution is 2.20. The van der Waals surface area contributed by atoms with Crippen LogP contribution >= 0.6 is 0 Å². The van der Waals surface area contributed by atoms with Gasteiger partial charge in [0.05, 0.1) is 6.61 Å². The molecule has 1 fully saturated rings. The smallest absolute Gasteiger partial charge is 0.225 e. The van der Waals surface area contributed by atoms with Crippen molar-refractivity contribution >= 4 is 5.95 Å². The van der Waals surface area contributed by atoms with Gasteiger partial charge in [-0.3, -0.25) is 0 Å². The summed E-state index contributed by atoms with van der Waals surface area (Å²) in [6.45, 7) is 3.49. The summed E-state index contributed by atoms with van der Waals surface area (Å²) in [6.07, 6.45) is 7.02. The van der Waals surface area contributed by atoms with Crippen molar-refractivity contribution in [2.75, 3.05) is 38.3 Å². The van der Waals surface area contributed by atoms with Crippen LogP contribution in [0.2, 0.25) is 0 Å². The molecule has 1 aliphatic rings. The van der Waals surface area contributed by atoms with Gasteiger partial charge in [-0.05, 0) is 37.3 Å². The second-order valence-corrected chi connectivity index (χ2v) is 4.84. The molecule has 18 heavy (non-hydrogen) atoms. The number of hydrogen-bond donors (Lipinski definition) is 1. The van der Waals surface area contributed by atoms with Gasteiger partial charge in [0, 0.05) is 32.6 Å². The molecular weight excluding hydrogens is 228 g/mol. The van der Waals surface area contributed by atoms with E-state index >= 15 is 0 Å². The highest BCUT2D eigenvalue weighted by Gasteiger charge is 2.21. The molecule has 1 atom stereocenters. The van der Waals surface area contributed by atoms with Gasteiger partial charge in [0.25, 0.3) is 0 Å². The van der Waals surface area contributed by atoms with Gasteiger partial charge in [0.2, 0.25) is 5.95 Å². The molecule has 0 aromatic carbocycles. The number of methoxy groups -OCH3 is 1. The zero-order valence-electron chi connectivity index (χ0n) is 11.0. The Morgan fingerprint density at radius 1 is 1.44 bits per heavy atom. The monoisotopic (exact) mass is 250 g/mol. The van der Waals surface area contributed by atoms with Crippen LogP contribution < -0.4 is 10.6 Å². The van der Waals surface area contributed by atoms with E-state index in [0.717, 1.165) is 37.6 Å². The Morgan fingerprint density at radius 2 is 2.22 bits per heavy atom. The Labute approximate surface area is 108 Å². The largest absolute Gasteiger partial charge is 0.384 e. The van der Waals surface area contributed by atoms with Crippen molar-refractivity contribution in [3.05, 3.63) is 18.0 Å². The summed E-state index contributed by atoms with van der Waals surface area (Å²) < 4.78 is 5.24. The second-order valence-electron chi connectivity index (χ2n) is 4.84. The minimum Gasteiger partial charge on any atom is -0.384 e. The third-order valence-corrected chi connectivity index (χ3v) is 3.33. The number of nitrogens with zero attached hydrogens (tertiary/aromatic N) is 3. The third-order valence-electron chi connectivity index (χ3n) is 3.33. The quantitative estimate of drug-likeness (QED) is 0.839. The van der Waals surface area contributed by atoms with Crippen molar-refractivity contribution in [3.8, 4) is 0 Å². The first kappa shape index (κ1) is 13.2. The molecule has 1 aromatic heterocycles. The molecule has 0 saturated carbocycles. The molecule has 2 rings (SSSR count). The van der Waals surface area contributed by atoms with Crippen molar-refractivity contribution in [3.63, 3.8) is 0 Å². The molecule has 0 radical (unpaired) electrons. The van der Waals surface area contributed by atoms with E-state index in [0.29, 0.717) is 12.5 Å². The van der Waals surface area contributed by atoms with Crippen LogP contribution in [-0.4, -0.2) is 43.3 Å². The summed E-state index contributed by atoms with van der Waals surface area (Å²) in [5.41, 5.74) is 6.62. The lowest BCUT2D eigenvalue weighted by molar-refractivity contribution is 0.143. The van der Waals surface area contributed by atoms with Gasteiger partial charge < -0.3 is 15.4 Å². The lowest BCUT2D eigenvalue weighted by Crippen LogP contribution is -2.38. The van der Waals surface area contributed by atoms with Crippen LogP contribution in [0.4, 0.5) is 5.95 Å². The number of aromatic nitrogens is 2. The van der Waals surface area contributed by atoms with Crippen molar-refractivity contribution in [1.29, 1.82) is 0 Å². The predicted molar refractivity (Wildman–Crippen MR) is 71.6 cm³/mol. The lowest BCUT2D eigenvalue weighted by Gasteiger charge is -2.32. The molecule has 0 bridgehead atoms. The van der Waals surface area contributed by atoms with E-state index in [4.69, 9.17) is 10.5 Å². The predicted octanol–water partition coefficient (Wildman–Crippen LogP) is 0.841. The Kier molecular flexibility index (Phi) is 4.90. The third kappa shape index (κ3) is 3.40. The van der Waals surface area contributed by atoms with Gasteiger partial charge >= 0.3 is 0 Å². The topological polar surface area (TPSA) is 64.3 Å². The SMILES string of the molecule is COCC1CCCN(c2ncc(CCN)cn2)C1. The fourth-order valence-electron chi connectivity index (χ4n) is 2.43. The maximum absolute atomic E-state index is 5.51. The molecule has 2 N–H and O–H groups in total. The summed E-state index contributed by atoms with van der Waals surface area (Å²) in [6, 6.07) is 0. The van der Waals surface area contributed by atoms with Gasteiger partial charge in [-0.1, -0.05) is 0 Å². The van der Waals surface area contributed by atoms with E-state index in [1.54, 1.807) is 7.11 Å². The summed E-state index contributed by atoms with van der Waals surface area (Å²) >= 11 is 0. The van der Waals surface area contributed by atoms with Crippen LogP contribution in [0.15, 0.2) is 12.4 Å². The van der Waals surface area contributed by atoms with Crippen LogP contribution in [-0.2, 0) is 11.2 Å². The van der Waals surface area contributed by atoms with Gasteiger partial charge in [-0.2, -0.15) is 0 Å². The van der Waals surface area contributed by atoms with Gasteiger partial charge in [-0.15, -0.1) is 0 Å². The lowest BCUT2D eigenvalue weighted by atomic mass is 9.99. The van der Waals surface area contributed by atoms with E-state index in [1.165, 1.54) is 12.8 Å². The summed E-state index contributed by atoms with van der Waals surface area (Å²) in [7, 11) is 1.76. The van der Waals surface area contributed by atoms with Crippen LogP contribution in [0.5, 0.6) is 0 Å². The summed E-state index contributed by atoms with van der Waals surface area (Å²) in [5.74, 6) is 1.42. The first-order valence-corrected chi connectivity index (χ1v) is 6.58. The fourth-order valence-corrected chi connectivity index (χ4v) is 2.43. The Hall–Kier alpha value is -1.20. The highest BCUT2D eigenvalue weighted by atomic mass is 16.5. The highest BCUT2D eigenvalue weighted by molar-refractivity contribution is 5.30. The molecule has 0 amide bonds. The van der Waals surface area contributed by atoms with Crippen LogP contribution in [0.25, 0.3) is 0 Å². The second kappa shape index (κ2) is 6.66. The standard InChI is InChI=1S/C13H22N4O/c1-18-10-12-3-2-6-17(9-12)13-15-7-11(4-5-14)8-16-13/h7-8,12H,2-6,9-10,14H2,1H3. The van der Waals surface area contributed by atoms with Crippen molar-refractivity contribution in [2.45, 2.75) is 19.3 Å². The first-order valence-electron chi connectivity index (χ1n) is 6.58. The minimum absolute atomic E-state index is 0.594. The molecule has 1 unspecified atom stereocenters. The van der Waals surface area contributed by atoms with E-state index in [9.17, 15) is 0 Å². The van der Waals surface area contributed by atoms with Gasteiger partial charge in [0.15, 0.2) is 0 Å². The van der Waals surface area contributed by atoms with E-state index < -0.39 is 0 Å². The van der Waals surface area contributed by atoms with Crippen molar-refractivity contribution < 1.29 is 4.74 Å². The average molecular weight is 250 g/mol. The van der Waals surface area contributed by atoms with E-state index in [1.807, 2.05) is 12.4 Å². The number of anilines is 1. The van der Waals surface area contributed by atoms with E-state index in [2.05, 4.69) is 14.9 Å². The number of ether oxygens (including phenoxy) is 1. The molecular formula is C13H22N4O. The van der Waals surface area contributed by atoms with Crippen LogP contribution in [0, 0.1) is 5.92 Å². The maximum Gasteiger partial charge on any atom is 0.225 e. The number of hydrogen-bond acceptors (Lipinski definition) is 5. The Bertz CT molecular complexity index is 353. The van der Waals surface area contributed by atoms with E-state index in [-0.39, 0.29) is 0 Å². The normalized spacial score (nSPS) is 20.1. The molecule has 100 valence electrons. The maximum atomic E-state index is 5.51. The minimum atomic E-state index is 0.594.